The minimum atomic E-state index is 0.540. The Hall–Kier alpha value is -1.45. The molecule has 4 nitrogen and oxygen atoms in total. The van der Waals surface area contributed by atoms with E-state index in [1.54, 1.807) is 0 Å². The third-order valence-corrected chi connectivity index (χ3v) is 5.56. The van der Waals surface area contributed by atoms with E-state index in [9.17, 15) is 0 Å². The predicted molar refractivity (Wildman–Crippen MR) is 101 cm³/mol. The zero-order valence-electron chi connectivity index (χ0n) is 15.5. The van der Waals surface area contributed by atoms with Gasteiger partial charge in [-0.05, 0) is 57.8 Å². The second-order valence-electron chi connectivity index (χ2n) is 7.77. The summed E-state index contributed by atoms with van der Waals surface area (Å²) in [6.45, 7) is 6.35. The molecule has 0 spiro atoms. The van der Waals surface area contributed by atoms with E-state index in [1.807, 2.05) is 20.1 Å². The zero-order chi connectivity index (χ0) is 16.9. The summed E-state index contributed by atoms with van der Waals surface area (Å²) in [6, 6.07) is 0.540. The molecule has 0 bridgehead atoms. The van der Waals surface area contributed by atoms with Crippen LogP contribution in [0.4, 0.5) is 11.5 Å². The number of anilines is 1. The van der Waals surface area contributed by atoms with Crippen molar-refractivity contribution in [2.45, 2.75) is 84.6 Å². The van der Waals surface area contributed by atoms with Crippen LogP contribution in [0.15, 0.2) is 4.99 Å². The maximum Gasteiger partial charge on any atom is 0.156 e. The van der Waals surface area contributed by atoms with Gasteiger partial charge in [0.2, 0.25) is 0 Å². The zero-order valence-corrected chi connectivity index (χ0v) is 15.5. The maximum atomic E-state index is 4.77. The van der Waals surface area contributed by atoms with Crippen molar-refractivity contribution < 1.29 is 0 Å². The van der Waals surface area contributed by atoms with Gasteiger partial charge in [0.05, 0.1) is 5.69 Å². The van der Waals surface area contributed by atoms with E-state index in [0.29, 0.717) is 6.04 Å². The molecule has 1 aromatic rings. The Morgan fingerprint density at radius 3 is 2.58 bits per heavy atom. The van der Waals surface area contributed by atoms with Gasteiger partial charge in [0.15, 0.2) is 5.82 Å². The topological polar surface area (TPSA) is 50.2 Å². The van der Waals surface area contributed by atoms with Crippen LogP contribution in [0.2, 0.25) is 0 Å². The van der Waals surface area contributed by atoms with Crippen molar-refractivity contribution in [1.82, 2.24) is 9.97 Å². The molecule has 24 heavy (non-hydrogen) atoms. The number of nitrogens with one attached hydrogen (secondary N) is 1. The minimum absolute atomic E-state index is 0.540. The molecule has 1 N–H and O–H groups in total. The van der Waals surface area contributed by atoms with Crippen LogP contribution >= 0.6 is 0 Å². The van der Waals surface area contributed by atoms with E-state index in [0.717, 1.165) is 41.3 Å². The average Bonchev–Trinajstić information content (AvgIpc) is 2.96. The molecule has 1 heterocycles. The number of nitrogens with zero attached hydrogens (tertiary/aromatic N) is 3. The molecule has 2 saturated carbocycles. The van der Waals surface area contributed by atoms with Gasteiger partial charge in [-0.1, -0.05) is 32.6 Å². The summed E-state index contributed by atoms with van der Waals surface area (Å²) in [6.07, 6.45) is 13.4. The highest BCUT2D eigenvalue weighted by atomic mass is 15.1. The SMILES string of the molecule is CC=Nc1c(C[C@H]2CCC(C)C2)nc(C)nc1NC1CCCCC1. The smallest absolute Gasteiger partial charge is 0.156 e. The third-order valence-electron chi connectivity index (χ3n) is 5.56. The third kappa shape index (κ3) is 4.34. The van der Waals surface area contributed by atoms with Gasteiger partial charge in [-0.25, -0.2) is 9.97 Å². The summed E-state index contributed by atoms with van der Waals surface area (Å²) in [5.41, 5.74) is 2.12. The standard InChI is InChI=1S/C20H32N4/c1-4-21-19-18(13-16-11-10-14(2)12-16)22-15(3)23-20(19)24-17-8-6-5-7-9-17/h4,14,16-17H,5-13H2,1-3H3,(H,22,23,24)/t14?,16-/m0/s1. The van der Waals surface area contributed by atoms with Crippen LogP contribution in [-0.2, 0) is 6.42 Å². The molecule has 0 amide bonds. The number of aryl methyl sites for hydroxylation is 1. The highest BCUT2D eigenvalue weighted by molar-refractivity contribution is 5.70. The molecule has 2 atom stereocenters. The van der Waals surface area contributed by atoms with Crippen LogP contribution in [0.3, 0.4) is 0 Å². The summed E-state index contributed by atoms with van der Waals surface area (Å²) >= 11 is 0. The van der Waals surface area contributed by atoms with E-state index < -0.39 is 0 Å². The maximum absolute atomic E-state index is 4.77. The Morgan fingerprint density at radius 1 is 1.12 bits per heavy atom. The quantitative estimate of drug-likeness (QED) is 0.753. The van der Waals surface area contributed by atoms with Crippen molar-refractivity contribution in [3.63, 3.8) is 0 Å². The van der Waals surface area contributed by atoms with Crippen molar-refractivity contribution in [3.8, 4) is 0 Å². The van der Waals surface area contributed by atoms with E-state index >= 15 is 0 Å². The number of aliphatic imine (C=N–C) groups is 1. The molecule has 3 rings (SSSR count). The van der Waals surface area contributed by atoms with Crippen LogP contribution in [0.25, 0.3) is 0 Å². The molecule has 1 aromatic heterocycles. The summed E-state index contributed by atoms with van der Waals surface area (Å²) in [7, 11) is 0. The summed E-state index contributed by atoms with van der Waals surface area (Å²) in [5, 5.41) is 3.68. The molecule has 132 valence electrons. The molecule has 0 radical (unpaired) electrons. The molecule has 0 aliphatic heterocycles. The van der Waals surface area contributed by atoms with E-state index in [1.165, 1.54) is 51.4 Å². The highest BCUT2D eigenvalue weighted by Gasteiger charge is 2.25. The highest BCUT2D eigenvalue weighted by Crippen LogP contribution is 2.36. The van der Waals surface area contributed by atoms with Gasteiger partial charge in [0.1, 0.15) is 11.5 Å². The first-order valence-electron chi connectivity index (χ1n) is 9.78. The molecule has 2 aliphatic rings. The molecule has 2 fully saturated rings. The van der Waals surface area contributed by atoms with Crippen molar-refractivity contribution in [2.75, 3.05) is 5.32 Å². The van der Waals surface area contributed by atoms with Crippen molar-refractivity contribution in [3.05, 3.63) is 11.5 Å². The monoisotopic (exact) mass is 328 g/mol. The van der Waals surface area contributed by atoms with Crippen molar-refractivity contribution in [1.29, 1.82) is 0 Å². The lowest BCUT2D eigenvalue weighted by Gasteiger charge is -2.24. The predicted octanol–water partition coefficient (Wildman–Crippen LogP) is 5.23. The Morgan fingerprint density at radius 2 is 1.92 bits per heavy atom. The normalized spacial score (nSPS) is 25.5. The fourth-order valence-electron chi connectivity index (χ4n) is 4.36. The van der Waals surface area contributed by atoms with Gasteiger partial charge in [0, 0.05) is 12.3 Å². The van der Waals surface area contributed by atoms with Crippen molar-refractivity contribution in [2.24, 2.45) is 16.8 Å². The molecule has 0 aromatic carbocycles. The van der Waals surface area contributed by atoms with Gasteiger partial charge >= 0.3 is 0 Å². The summed E-state index contributed by atoms with van der Waals surface area (Å²) in [5.74, 6) is 3.43. The number of hydrogen-bond donors (Lipinski definition) is 1. The first-order chi connectivity index (χ1) is 11.7. The molecule has 0 saturated heterocycles. The fourth-order valence-corrected chi connectivity index (χ4v) is 4.36. The lowest BCUT2D eigenvalue weighted by atomic mass is 9.95. The first kappa shape index (κ1) is 17.4. The van der Waals surface area contributed by atoms with Crippen LogP contribution in [0.5, 0.6) is 0 Å². The fraction of sp³-hybridized carbons (Fsp3) is 0.750. The van der Waals surface area contributed by atoms with Crippen LogP contribution in [0.1, 0.15) is 76.7 Å². The van der Waals surface area contributed by atoms with Crippen LogP contribution in [-0.4, -0.2) is 22.2 Å². The van der Waals surface area contributed by atoms with Gasteiger partial charge in [-0.15, -0.1) is 0 Å². The van der Waals surface area contributed by atoms with Gasteiger partial charge < -0.3 is 5.32 Å². The number of rotatable bonds is 5. The minimum Gasteiger partial charge on any atom is -0.365 e. The number of aromatic nitrogens is 2. The summed E-state index contributed by atoms with van der Waals surface area (Å²) in [4.78, 5) is 14.1. The van der Waals surface area contributed by atoms with E-state index in [4.69, 9.17) is 9.97 Å². The Bertz CT molecular complexity index is 547. The molecule has 1 unspecified atom stereocenters. The Kier molecular flexibility index (Phi) is 5.85. The van der Waals surface area contributed by atoms with Gasteiger partial charge in [-0.3, -0.25) is 4.99 Å². The van der Waals surface area contributed by atoms with E-state index in [2.05, 4.69) is 17.2 Å². The second-order valence-corrected chi connectivity index (χ2v) is 7.77. The lowest BCUT2D eigenvalue weighted by Crippen LogP contribution is -2.23. The molecular formula is C20H32N4. The first-order valence-corrected chi connectivity index (χ1v) is 9.78. The van der Waals surface area contributed by atoms with Gasteiger partial charge in [-0.2, -0.15) is 0 Å². The average molecular weight is 329 g/mol. The number of hydrogen-bond acceptors (Lipinski definition) is 4. The lowest BCUT2D eigenvalue weighted by molar-refractivity contribution is 0.461. The molecular weight excluding hydrogens is 296 g/mol. The van der Waals surface area contributed by atoms with E-state index in [-0.39, 0.29) is 0 Å². The van der Waals surface area contributed by atoms with Crippen LogP contribution in [0, 0.1) is 18.8 Å². The molecule has 2 aliphatic carbocycles. The second kappa shape index (κ2) is 8.09. The Balaban J connectivity index is 1.83. The van der Waals surface area contributed by atoms with Crippen molar-refractivity contribution >= 4 is 17.7 Å². The molecule has 4 heteroatoms. The Labute approximate surface area is 146 Å². The van der Waals surface area contributed by atoms with Gasteiger partial charge in [0.25, 0.3) is 0 Å². The summed E-state index contributed by atoms with van der Waals surface area (Å²) < 4.78 is 0. The largest absolute Gasteiger partial charge is 0.365 e. The van der Waals surface area contributed by atoms with Crippen LogP contribution < -0.4 is 5.32 Å².